The lowest BCUT2D eigenvalue weighted by Gasteiger charge is -2.34. The largest absolute Gasteiger partial charge is 0.501 e. The molecular weight excluding hydrogens is 417 g/mol. The van der Waals surface area contributed by atoms with Gasteiger partial charge in [0.1, 0.15) is 5.82 Å². The number of thioether (sulfide) groups is 1. The number of aromatic hydroxyl groups is 1. The van der Waals surface area contributed by atoms with Crippen LogP contribution >= 0.6 is 11.8 Å². The maximum atomic E-state index is 13.1. The summed E-state index contributed by atoms with van der Waals surface area (Å²) < 4.78 is 15.0. The van der Waals surface area contributed by atoms with Gasteiger partial charge in [-0.15, -0.1) is 0 Å². The molecule has 1 aromatic carbocycles. The molecule has 160 valence electrons. The molecule has 1 aromatic heterocycles. The smallest absolute Gasteiger partial charge is 0.332 e. The fourth-order valence-corrected chi connectivity index (χ4v) is 4.91. The van der Waals surface area contributed by atoms with Crippen LogP contribution in [0.1, 0.15) is 34.9 Å². The van der Waals surface area contributed by atoms with E-state index in [0.717, 1.165) is 20.9 Å². The zero-order chi connectivity index (χ0) is 21.6. The van der Waals surface area contributed by atoms with E-state index in [1.165, 1.54) is 29.2 Å². The molecule has 1 atom stereocenters. The number of hydrogen-bond acceptors (Lipinski definition) is 7. The van der Waals surface area contributed by atoms with Crippen LogP contribution in [0.2, 0.25) is 0 Å². The first-order chi connectivity index (χ1) is 14.2. The number of hydrogen-bond donors (Lipinski definition) is 3. The standard InChI is InChI=1S/C19H20FN3O6S/c20-12-3-1-11(2-4-12)10-21-6-7-22-14(16(21)25)15(24)17(26)23(18(22)27)13-5-8-30-19(28,29)9-13/h1-4,13,24,28-29H,5-10H2. The Morgan fingerprint density at radius 3 is 2.50 bits per heavy atom. The highest BCUT2D eigenvalue weighted by atomic mass is 32.2. The molecule has 1 fully saturated rings. The van der Waals surface area contributed by atoms with Crippen LogP contribution in [0.5, 0.6) is 5.75 Å². The molecule has 9 nitrogen and oxygen atoms in total. The third-order valence-corrected chi connectivity index (χ3v) is 6.44. The van der Waals surface area contributed by atoms with Gasteiger partial charge >= 0.3 is 5.69 Å². The lowest BCUT2D eigenvalue weighted by Crippen LogP contribution is -2.51. The number of benzene rings is 1. The number of carbonyl (C=O) groups excluding carboxylic acids is 1. The van der Waals surface area contributed by atoms with Gasteiger partial charge in [0.25, 0.3) is 11.5 Å². The van der Waals surface area contributed by atoms with Crippen molar-refractivity contribution in [3.05, 3.63) is 62.2 Å². The van der Waals surface area contributed by atoms with Crippen molar-refractivity contribution in [3.63, 3.8) is 0 Å². The summed E-state index contributed by atoms with van der Waals surface area (Å²) in [6.07, 6.45) is 0.0857. The topological polar surface area (TPSA) is 125 Å². The summed E-state index contributed by atoms with van der Waals surface area (Å²) in [6.45, 7) is 0.345. The van der Waals surface area contributed by atoms with Gasteiger partial charge in [-0.1, -0.05) is 23.9 Å². The van der Waals surface area contributed by atoms with Crippen molar-refractivity contribution in [3.8, 4) is 5.75 Å². The summed E-state index contributed by atoms with van der Waals surface area (Å²) in [4.78, 5) is 40.0. The number of aliphatic hydroxyl groups is 2. The number of aromatic nitrogens is 2. The Kier molecular flexibility index (Phi) is 5.20. The van der Waals surface area contributed by atoms with Gasteiger partial charge in [-0.25, -0.2) is 9.18 Å². The molecule has 3 N–H and O–H groups in total. The normalized spacial score (nSPS) is 20.8. The van der Waals surface area contributed by atoms with Gasteiger partial charge < -0.3 is 20.2 Å². The molecule has 0 saturated carbocycles. The van der Waals surface area contributed by atoms with Crippen LogP contribution in [0, 0.1) is 5.82 Å². The van der Waals surface area contributed by atoms with Crippen LogP contribution in [0.3, 0.4) is 0 Å². The minimum Gasteiger partial charge on any atom is -0.501 e. The molecule has 4 rings (SSSR count). The van der Waals surface area contributed by atoms with Gasteiger partial charge in [0.15, 0.2) is 5.69 Å². The number of carbonyl (C=O) groups is 1. The fourth-order valence-electron chi connectivity index (χ4n) is 3.88. The minimum absolute atomic E-state index is 0.0554. The van der Waals surface area contributed by atoms with E-state index in [0.29, 0.717) is 17.7 Å². The molecule has 30 heavy (non-hydrogen) atoms. The van der Waals surface area contributed by atoms with Crippen LogP contribution in [0.15, 0.2) is 33.9 Å². The molecule has 0 bridgehead atoms. The van der Waals surface area contributed by atoms with Crippen LogP contribution in [0.25, 0.3) is 0 Å². The van der Waals surface area contributed by atoms with Gasteiger partial charge in [-0.3, -0.25) is 18.7 Å². The van der Waals surface area contributed by atoms with Crippen molar-refractivity contribution in [1.82, 2.24) is 14.0 Å². The van der Waals surface area contributed by atoms with E-state index < -0.39 is 39.9 Å². The van der Waals surface area contributed by atoms with E-state index in [-0.39, 0.29) is 31.7 Å². The molecule has 1 amide bonds. The van der Waals surface area contributed by atoms with E-state index in [1.807, 2.05) is 0 Å². The molecule has 1 unspecified atom stereocenters. The molecular formula is C19H20FN3O6S. The van der Waals surface area contributed by atoms with Crippen molar-refractivity contribution in [2.24, 2.45) is 0 Å². The monoisotopic (exact) mass is 437 g/mol. The summed E-state index contributed by atoms with van der Waals surface area (Å²) in [6, 6.07) is 4.78. The molecule has 0 spiro atoms. The molecule has 1 saturated heterocycles. The minimum atomic E-state index is -2.08. The predicted molar refractivity (Wildman–Crippen MR) is 106 cm³/mol. The lowest BCUT2D eigenvalue weighted by atomic mass is 10.1. The highest BCUT2D eigenvalue weighted by Crippen LogP contribution is 2.37. The Morgan fingerprint density at radius 2 is 1.83 bits per heavy atom. The molecule has 2 aliphatic heterocycles. The van der Waals surface area contributed by atoms with Crippen molar-refractivity contribution in [1.29, 1.82) is 0 Å². The quantitative estimate of drug-likeness (QED) is 0.587. The molecule has 0 radical (unpaired) electrons. The summed E-state index contributed by atoms with van der Waals surface area (Å²) in [5, 5.41) is 28.2. The third-order valence-electron chi connectivity index (χ3n) is 5.37. The Labute approximate surface area is 174 Å². The summed E-state index contributed by atoms with van der Waals surface area (Å²) >= 11 is 0.906. The van der Waals surface area contributed by atoms with Crippen LogP contribution in [-0.4, -0.2) is 52.7 Å². The number of nitrogens with zero attached hydrogens (tertiary/aromatic N) is 3. The van der Waals surface area contributed by atoms with E-state index in [4.69, 9.17) is 0 Å². The lowest BCUT2D eigenvalue weighted by molar-refractivity contribution is -0.0939. The zero-order valence-corrected chi connectivity index (χ0v) is 16.6. The SMILES string of the molecule is O=C1c2c(O)c(=O)n(C3CCSC(O)(O)C3)c(=O)n2CCN1Cc1ccc(F)cc1. The van der Waals surface area contributed by atoms with E-state index in [2.05, 4.69) is 0 Å². The highest BCUT2D eigenvalue weighted by molar-refractivity contribution is 8.00. The summed E-state index contributed by atoms with van der Waals surface area (Å²) in [5.74, 6) is -1.61. The maximum Gasteiger partial charge on any atom is 0.332 e. The first kappa shape index (κ1) is 20.6. The van der Waals surface area contributed by atoms with Crippen molar-refractivity contribution < 1.29 is 24.5 Å². The van der Waals surface area contributed by atoms with Crippen LogP contribution < -0.4 is 11.2 Å². The average Bonchev–Trinajstić information content (AvgIpc) is 2.69. The molecule has 0 aliphatic carbocycles. The molecule has 2 aliphatic rings. The van der Waals surface area contributed by atoms with Gasteiger partial charge in [0, 0.05) is 37.8 Å². The Hall–Kier alpha value is -2.63. The summed E-state index contributed by atoms with van der Waals surface area (Å²) in [5.41, 5.74) is -1.53. The average molecular weight is 437 g/mol. The number of fused-ring (bicyclic) bond motifs is 1. The van der Waals surface area contributed by atoms with Gasteiger partial charge in [0.05, 0.1) is 0 Å². The number of amides is 1. The maximum absolute atomic E-state index is 13.1. The fraction of sp³-hybridized carbons (Fsp3) is 0.421. The predicted octanol–water partition coefficient (Wildman–Crippen LogP) is 0.217. The second-order valence-electron chi connectivity index (χ2n) is 7.40. The van der Waals surface area contributed by atoms with Gasteiger partial charge in [0.2, 0.25) is 10.9 Å². The van der Waals surface area contributed by atoms with Crippen LogP contribution in [0.4, 0.5) is 4.39 Å². The van der Waals surface area contributed by atoms with Gasteiger partial charge in [-0.2, -0.15) is 0 Å². The van der Waals surface area contributed by atoms with E-state index in [1.54, 1.807) is 0 Å². The number of rotatable bonds is 3. The Morgan fingerprint density at radius 1 is 1.13 bits per heavy atom. The van der Waals surface area contributed by atoms with E-state index >= 15 is 0 Å². The van der Waals surface area contributed by atoms with Crippen molar-refractivity contribution >= 4 is 17.7 Å². The van der Waals surface area contributed by atoms with Crippen molar-refractivity contribution in [2.45, 2.75) is 37.1 Å². The zero-order valence-electron chi connectivity index (χ0n) is 15.8. The Balaban J connectivity index is 1.70. The molecule has 3 heterocycles. The third kappa shape index (κ3) is 3.64. The van der Waals surface area contributed by atoms with Crippen LogP contribution in [-0.2, 0) is 13.1 Å². The summed E-state index contributed by atoms with van der Waals surface area (Å²) in [7, 11) is 0. The Bertz CT molecular complexity index is 1110. The number of halogens is 1. The molecule has 2 aromatic rings. The first-order valence-corrected chi connectivity index (χ1v) is 10.4. The second-order valence-corrected chi connectivity index (χ2v) is 8.75. The highest BCUT2D eigenvalue weighted by Gasteiger charge is 2.38. The van der Waals surface area contributed by atoms with Gasteiger partial charge in [-0.05, 0) is 24.1 Å². The van der Waals surface area contributed by atoms with Crippen molar-refractivity contribution in [2.75, 3.05) is 12.3 Å². The second kappa shape index (κ2) is 7.56. The molecule has 11 heteroatoms. The first-order valence-electron chi connectivity index (χ1n) is 9.38. The van der Waals surface area contributed by atoms with E-state index in [9.17, 15) is 34.1 Å².